The Bertz CT molecular complexity index is 7410. The zero-order valence-corrected chi connectivity index (χ0v) is 52.5. The molecule has 6 aromatic heterocycles. The van der Waals surface area contributed by atoms with E-state index in [-0.39, 0.29) is 0 Å². The number of fused-ring (bicyclic) bond motifs is 28. The van der Waals surface area contributed by atoms with Crippen molar-refractivity contribution >= 4 is 153 Å². The summed E-state index contributed by atoms with van der Waals surface area (Å²) in [5.74, 6) is 0. The molecule has 24 rings (SSSR count). The minimum atomic E-state index is 0.879. The summed E-state index contributed by atoms with van der Waals surface area (Å²) < 4.78 is 24.1. The van der Waals surface area contributed by atoms with E-state index in [0.717, 1.165) is 127 Å². The molecule has 0 fully saturated rings. The Morgan fingerprint density at radius 2 is 0.653 bits per heavy atom. The van der Waals surface area contributed by atoms with Crippen molar-refractivity contribution in [3.63, 3.8) is 0 Å². The lowest BCUT2D eigenvalue weighted by molar-refractivity contribution is 0.670. The van der Waals surface area contributed by atoms with Gasteiger partial charge in [0.2, 0.25) is 0 Å². The van der Waals surface area contributed by atoms with Crippen LogP contribution in [0.5, 0.6) is 0 Å². The van der Waals surface area contributed by atoms with Crippen molar-refractivity contribution in [2.45, 2.75) is 0 Å². The third-order valence-electron chi connectivity index (χ3n) is 22.2. The van der Waals surface area contributed by atoms with Gasteiger partial charge in [-0.2, -0.15) is 0 Å². The first-order valence-corrected chi connectivity index (χ1v) is 33.8. The highest BCUT2D eigenvalue weighted by molar-refractivity contribution is 6.32. The summed E-state index contributed by atoms with van der Waals surface area (Å²) >= 11 is 0. The van der Waals surface area contributed by atoms with E-state index in [0.29, 0.717) is 0 Å². The average molecular weight is 1240 g/mol. The molecule has 0 aliphatic heterocycles. The highest BCUT2D eigenvalue weighted by Gasteiger charge is 2.31. The number of furan rings is 2. The summed E-state index contributed by atoms with van der Waals surface area (Å²) in [5.41, 5.74) is 29.3. The molecule has 0 saturated carbocycles. The van der Waals surface area contributed by atoms with Crippen LogP contribution in [0.2, 0.25) is 0 Å². The third kappa shape index (κ3) is 6.38. The molecule has 0 N–H and O–H groups in total. The van der Waals surface area contributed by atoms with Crippen LogP contribution in [-0.2, 0) is 0 Å². The van der Waals surface area contributed by atoms with E-state index in [4.69, 9.17) is 8.83 Å². The SMILES string of the molecule is c1ccc(-n2c3cccc(-c4ccc5c(c4)-c4cccc6c(-n7c8ccccc8c8ccc9c%10ccc%11c%12ccccc%12oc%11c%10n(-c%10ccccc%10)c9c87)ccc-5c46)c3c3ccc4c5ccc6c7ccccc7oc6c5n(-c5ccc6c(c5)-c5cccc7cccc-6c57)c4c32)cc1. The topological polar surface area (TPSA) is 46.0 Å². The molecule has 22 aromatic rings. The summed E-state index contributed by atoms with van der Waals surface area (Å²) in [4.78, 5) is 0. The van der Waals surface area contributed by atoms with Crippen molar-refractivity contribution in [1.29, 1.82) is 0 Å². The van der Waals surface area contributed by atoms with Crippen molar-refractivity contribution in [2.75, 3.05) is 0 Å². The van der Waals surface area contributed by atoms with E-state index in [1.807, 2.05) is 0 Å². The molecule has 6 heterocycles. The van der Waals surface area contributed by atoms with Gasteiger partial charge in [0, 0.05) is 87.1 Å². The number of nitrogens with zero attached hydrogens (tertiary/aromatic N) is 4. The number of hydrogen-bond acceptors (Lipinski definition) is 2. The van der Waals surface area contributed by atoms with Gasteiger partial charge in [0.1, 0.15) is 11.2 Å². The van der Waals surface area contributed by atoms with Crippen LogP contribution >= 0.6 is 0 Å². The fourth-order valence-corrected chi connectivity index (χ4v) is 18.3. The highest BCUT2D eigenvalue weighted by atomic mass is 16.3. The van der Waals surface area contributed by atoms with Crippen LogP contribution in [0, 0.1) is 0 Å². The molecule has 2 aliphatic rings. The molecule has 16 aromatic carbocycles. The molecular formula is C92H50N4O2. The molecule has 0 radical (unpaired) electrons. The number of rotatable bonds is 5. The van der Waals surface area contributed by atoms with Gasteiger partial charge in [-0.25, -0.2) is 0 Å². The number of hydrogen-bond donors (Lipinski definition) is 0. The molecular weight excluding hydrogens is 1190 g/mol. The van der Waals surface area contributed by atoms with E-state index in [1.54, 1.807) is 0 Å². The van der Waals surface area contributed by atoms with Gasteiger partial charge in [0.15, 0.2) is 11.2 Å². The Kier molecular flexibility index (Phi) is 9.63. The van der Waals surface area contributed by atoms with E-state index in [2.05, 4.69) is 322 Å². The average Bonchev–Trinajstić information content (AvgIpc) is 1.53. The predicted octanol–water partition coefficient (Wildman–Crippen LogP) is 25.1. The van der Waals surface area contributed by atoms with Crippen molar-refractivity contribution in [1.82, 2.24) is 18.3 Å². The lowest BCUT2D eigenvalue weighted by Crippen LogP contribution is -1.99. The van der Waals surface area contributed by atoms with Crippen LogP contribution in [0.25, 0.3) is 231 Å². The van der Waals surface area contributed by atoms with Crippen LogP contribution in [0.1, 0.15) is 0 Å². The molecule has 450 valence electrons. The van der Waals surface area contributed by atoms with Gasteiger partial charge in [-0.1, -0.05) is 218 Å². The van der Waals surface area contributed by atoms with Gasteiger partial charge in [0.25, 0.3) is 0 Å². The van der Waals surface area contributed by atoms with Gasteiger partial charge in [-0.3, -0.25) is 0 Å². The standard InChI is InChI=1S/C92H50N4O2/c1-3-19-53(20-4-1)93-79-32-16-26-56(84(79)74-46-43-68-70-42-45-72-61-25-9-12-34-81(61)98-92(72)90(70)95(86(68)88(74)93)55-36-38-58-62-27-13-17-51-18-14-28-63(82(51)62)76(58)50-55)52-35-37-57-65-47-48-78(73-30-15-29-64(83(65)73)75(57)49-52)96-77-31-10-7-23-59(77)66-39-40-67-69-41-44-71-60-24-8-11-33-80(60)97-91(71)89(69)94(85(67)87(66)96)54-21-5-2-6-22-54/h1-50H. The van der Waals surface area contributed by atoms with Gasteiger partial charge >= 0.3 is 0 Å². The van der Waals surface area contributed by atoms with Crippen LogP contribution in [-0.4, -0.2) is 18.3 Å². The monoisotopic (exact) mass is 1240 g/mol. The lowest BCUT2D eigenvalue weighted by Gasteiger charge is -2.15. The molecule has 0 spiro atoms. The third-order valence-corrected chi connectivity index (χ3v) is 22.2. The van der Waals surface area contributed by atoms with Gasteiger partial charge in [-0.05, 0) is 157 Å². The Labute approximate surface area is 558 Å². The number of benzene rings is 16. The maximum atomic E-state index is 7.08. The molecule has 6 nitrogen and oxygen atoms in total. The zero-order valence-electron chi connectivity index (χ0n) is 52.5. The second-order valence-electron chi connectivity index (χ2n) is 26.9. The lowest BCUT2D eigenvalue weighted by atomic mass is 9.94. The van der Waals surface area contributed by atoms with E-state index < -0.39 is 0 Å². The van der Waals surface area contributed by atoms with Crippen LogP contribution in [0.15, 0.2) is 312 Å². The summed E-state index contributed by atoms with van der Waals surface area (Å²) in [6, 6.07) is 113. The molecule has 0 bridgehead atoms. The van der Waals surface area contributed by atoms with Crippen LogP contribution in [0.3, 0.4) is 0 Å². The van der Waals surface area contributed by atoms with E-state index >= 15 is 0 Å². The Morgan fingerprint density at radius 3 is 1.34 bits per heavy atom. The Morgan fingerprint density at radius 1 is 0.204 bits per heavy atom. The predicted molar refractivity (Wildman–Crippen MR) is 408 cm³/mol. The smallest absolute Gasteiger partial charge is 0.160 e. The molecule has 0 amide bonds. The molecule has 0 atom stereocenters. The Balaban J connectivity index is 0.742. The zero-order chi connectivity index (χ0) is 63.3. The van der Waals surface area contributed by atoms with Crippen molar-refractivity contribution in [3.8, 4) is 78.4 Å². The van der Waals surface area contributed by atoms with Gasteiger partial charge < -0.3 is 27.1 Å². The van der Waals surface area contributed by atoms with Crippen molar-refractivity contribution in [3.05, 3.63) is 303 Å². The number of para-hydroxylation sites is 5. The fraction of sp³-hybridized carbons (Fsp3) is 0. The van der Waals surface area contributed by atoms with Crippen LogP contribution < -0.4 is 0 Å². The molecule has 6 heteroatoms. The quantitative estimate of drug-likeness (QED) is 0.172. The maximum absolute atomic E-state index is 7.08. The fourth-order valence-electron chi connectivity index (χ4n) is 18.3. The number of aromatic nitrogens is 4. The molecule has 2 aliphatic carbocycles. The normalized spacial score (nSPS) is 12.7. The summed E-state index contributed by atoms with van der Waals surface area (Å²) in [5, 5.41) is 18.9. The second kappa shape index (κ2) is 18.4. The van der Waals surface area contributed by atoms with Gasteiger partial charge in [0.05, 0.1) is 49.8 Å². The minimum Gasteiger partial charge on any atom is -0.454 e. The van der Waals surface area contributed by atoms with Gasteiger partial charge in [-0.15, -0.1) is 0 Å². The molecule has 98 heavy (non-hydrogen) atoms. The van der Waals surface area contributed by atoms with Crippen LogP contribution in [0.4, 0.5) is 0 Å². The largest absolute Gasteiger partial charge is 0.454 e. The summed E-state index contributed by atoms with van der Waals surface area (Å²) in [7, 11) is 0. The van der Waals surface area contributed by atoms with E-state index in [9.17, 15) is 0 Å². The first-order chi connectivity index (χ1) is 48.7. The molecule has 0 unspecified atom stereocenters. The first kappa shape index (κ1) is 51.3. The highest BCUT2D eigenvalue weighted by Crippen LogP contribution is 2.55. The summed E-state index contributed by atoms with van der Waals surface area (Å²) in [6.07, 6.45) is 0. The maximum Gasteiger partial charge on any atom is 0.160 e. The second-order valence-corrected chi connectivity index (χ2v) is 26.9. The Hall–Kier alpha value is -13.2. The molecule has 0 saturated heterocycles. The first-order valence-electron chi connectivity index (χ1n) is 33.8. The van der Waals surface area contributed by atoms with E-state index in [1.165, 1.54) is 104 Å². The van der Waals surface area contributed by atoms with Crippen molar-refractivity contribution in [2.24, 2.45) is 0 Å². The minimum absolute atomic E-state index is 0.879. The van der Waals surface area contributed by atoms with Crippen molar-refractivity contribution < 1.29 is 8.83 Å². The summed E-state index contributed by atoms with van der Waals surface area (Å²) in [6.45, 7) is 0.